The van der Waals surface area contributed by atoms with Crippen LogP contribution in [0.5, 0.6) is 0 Å². The molecule has 2 aromatic heterocycles. The average Bonchev–Trinajstić information content (AvgIpc) is 3.06. The Morgan fingerprint density at radius 3 is 2.84 bits per heavy atom. The van der Waals surface area contributed by atoms with Gasteiger partial charge in [0.25, 0.3) is 0 Å². The first-order valence-corrected chi connectivity index (χ1v) is 9.33. The number of rotatable bonds is 7. The highest BCUT2D eigenvalue weighted by Gasteiger charge is 2.08. The van der Waals surface area contributed by atoms with Crippen molar-refractivity contribution in [1.82, 2.24) is 15.5 Å². The summed E-state index contributed by atoms with van der Waals surface area (Å²) >= 11 is 6.41. The van der Waals surface area contributed by atoms with Crippen LogP contribution in [0.15, 0.2) is 26.2 Å². The summed E-state index contributed by atoms with van der Waals surface area (Å²) in [4.78, 5) is 12.7. The second kappa shape index (κ2) is 7.88. The third-order valence-electron chi connectivity index (χ3n) is 2.01. The minimum atomic E-state index is 0.0375. The molecule has 0 saturated carbocycles. The topological polar surface area (TPSA) is 54.9 Å². The molecule has 0 aliphatic rings. The van der Waals surface area contributed by atoms with Crippen molar-refractivity contribution in [2.24, 2.45) is 0 Å². The van der Waals surface area contributed by atoms with Gasteiger partial charge in [0.05, 0.1) is 5.75 Å². The molecule has 0 saturated heterocycles. The van der Waals surface area contributed by atoms with Gasteiger partial charge in [-0.15, -0.1) is 21.5 Å². The van der Waals surface area contributed by atoms with Crippen molar-refractivity contribution in [3.05, 3.63) is 22.4 Å². The summed E-state index contributed by atoms with van der Waals surface area (Å²) in [5.74, 6) is 1.36. The van der Waals surface area contributed by atoms with E-state index in [1.54, 1.807) is 34.4 Å². The first-order valence-electron chi connectivity index (χ1n) is 5.66. The monoisotopic (exact) mass is 331 g/mol. The molecule has 1 amide bonds. The lowest BCUT2D eigenvalue weighted by Crippen LogP contribution is -2.24. The SMILES string of the molecule is CCNC(=O)CSc1nnc(SCc2cccs2)s1. The van der Waals surface area contributed by atoms with E-state index in [1.165, 1.54) is 16.6 Å². The highest BCUT2D eigenvalue weighted by Crippen LogP contribution is 2.31. The number of nitrogens with zero attached hydrogens (tertiary/aromatic N) is 2. The van der Waals surface area contributed by atoms with Crippen LogP contribution in [0.1, 0.15) is 11.8 Å². The molecule has 0 atom stereocenters. The van der Waals surface area contributed by atoms with Gasteiger partial charge in [0.1, 0.15) is 0 Å². The van der Waals surface area contributed by atoms with Crippen molar-refractivity contribution < 1.29 is 4.79 Å². The van der Waals surface area contributed by atoms with Gasteiger partial charge in [-0.1, -0.05) is 40.9 Å². The second-order valence-electron chi connectivity index (χ2n) is 3.44. The Bertz CT molecular complexity index is 512. The van der Waals surface area contributed by atoms with Crippen LogP contribution in [-0.2, 0) is 10.5 Å². The van der Waals surface area contributed by atoms with Crippen LogP contribution in [0, 0.1) is 0 Å². The standard InChI is InChI=1S/C11H13N3OS4/c1-2-12-9(15)7-18-11-14-13-10(19-11)17-6-8-4-3-5-16-8/h3-5H,2,6-7H2,1H3,(H,12,15). The first-order chi connectivity index (χ1) is 9.28. The molecule has 0 unspecified atom stereocenters. The molecule has 2 rings (SSSR count). The van der Waals surface area contributed by atoms with Crippen LogP contribution in [0.4, 0.5) is 0 Å². The molecule has 0 radical (unpaired) electrons. The molecule has 0 bridgehead atoms. The van der Waals surface area contributed by atoms with Gasteiger partial charge < -0.3 is 5.32 Å². The fourth-order valence-corrected chi connectivity index (χ4v) is 4.84. The lowest BCUT2D eigenvalue weighted by atomic mass is 10.5. The summed E-state index contributed by atoms with van der Waals surface area (Å²) in [6.07, 6.45) is 0. The fourth-order valence-electron chi connectivity index (χ4n) is 1.22. The normalized spacial score (nSPS) is 10.6. The molecule has 0 aromatic carbocycles. The lowest BCUT2D eigenvalue weighted by Gasteiger charge is -1.98. The zero-order valence-electron chi connectivity index (χ0n) is 10.3. The smallest absolute Gasteiger partial charge is 0.230 e. The van der Waals surface area contributed by atoms with Gasteiger partial charge in [-0.3, -0.25) is 4.79 Å². The van der Waals surface area contributed by atoms with Gasteiger partial charge in [0.15, 0.2) is 8.68 Å². The van der Waals surface area contributed by atoms with Crippen molar-refractivity contribution >= 4 is 52.1 Å². The van der Waals surface area contributed by atoms with Crippen molar-refractivity contribution in [3.63, 3.8) is 0 Å². The van der Waals surface area contributed by atoms with Crippen molar-refractivity contribution in [3.8, 4) is 0 Å². The van der Waals surface area contributed by atoms with E-state index in [0.717, 1.165) is 14.4 Å². The summed E-state index contributed by atoms with van der Waals surface area (Å²) in [6, 6.07) is 4.16. The van der Waals surface area contributed by atoms with Crippen LogP contribution in [-0.4, -0.2) is 28.4 Å². The maximum Gasteiger partial charge on any atom is 0.230 e. The number of thiophene rings is 1. The molecule has 2 heterocycles. The average molecular weight is 332 g/mol. The summed E-state index contributed by atoms with van der Waals surface area (Å²) in [7, 11) is 0. The molecule has 1 N–H and O–H groups in total. The molecule has 4 nitrogen and oxygen atoms in total. The minimum absolute atomic E-state index is 0.0375. The Hall–Kier alpha value is -0.570. The number of carbonyl (C=O) groups is 1. The van der Waals surface area contributed by atoms with E-state index < -0.39 is 0 Å². The molecule has 0 fully saturated rings. The predicted octanol–water partition coefficient (Wildman–Crippen LogP) is 3.12. The van der Waals surface area contributed by atoms with Crippen molar-refractivity contribution in [1.29, 1.82) is 0 Å². The zero-order chi connectivity index (χ0) is 13.5. The Morgan fingerprint density at radius 1 is 1.37 bits per heavy atom. The van der Waals surface area contributed by atoms with Crippen LogP contribution >= 0.6 is 46.2 Å². The summed E-state index contributed by atoms with van der Waals surface area (Å²) in [6.45, 7) is 2.57. The number of hydrogen-bond donors (Lipinski definition) is 1. The van der Waals surface area contributed by atoms with Gasteiger partial charge in [0, 0.05) is 17.2 Å². The molecule has 0 aliphatic carbocycles. The minimum Gasteiger partial charge on any atom is -0.356 e. The molecule has 2 aromatic rings. The molecular weight excluding hydrogens is 318 g/mol. The van der Waals surface area contributed by atoms with E-state index in [4.69, 9.17) is 0 Å². The third kappa shape index (κ3) is 5.13. The van der Waals surface area contributed by atoms with Gasteiger partial charge in [0.2, 0.25) is 5.91 Å². The number of aromatic nitrogens is 2. The number of hydrogen-bond acceptors (Lipinski definition) is 7. The highest BCUT2D eigenvalue weighted by atomic mass is 32.2. The van der Waals surface area contributed by atoms with E-state index >= 15 is 0 Å². The predicted molar refractivity (Wildman–Crippen MR) is 83.2 cm³/mol. The van der Waals surface area contributed by atoms with Gasteiger partial charge in [-0.25, -0.2) is 0 Å². The number of nitrogens with one attached hydrogen (secondary N) is 1. The number of amides is 1. The van der Waals surface area contributed by atoms with Crippen molar-refractivity contribution in [2.45, 2.75) is 21.4 Å². The summed E-state index contributed by atoms with van der Waals surface area (Å²) in [5.41, 5.74) is 0. The molecular formula is C11H13N3OS4. The van der Waals surface area contributed by atoms with E-state index in [1.807, 2.05) is 13.0 Å². The van der Waals surface area contributed by atoms with E-state index in [-0.39, 0.29) is 5.91 Å². The molecule has 102 valence electrons. The lowest BCUT2D eigenvalue weighted by molar-refractivity contribution is -0.118. The quantitative estimate of drug-likeness (QED) is 0.790. The van der Waals surface area contributed by atoms with Crippen LogP contribution in [0.25, 0.3) is 0 Å². The van der Waals surface area contributed by atoms with Crippen LogP contribution in [0.2, 0.25) is 0 Å². The molecule has 19 heavy (non-hydrogen) atoms. The van der Waals surface area contributed by atoms with Gasteiger partial charge in [-0.2, -0.15) is 0 Å². The van der Waals surface area contributed by atoms with E-state index in [9.17, 15) is 4.79 Å². The van der Waals surface area contributed by atoms with E-state index in [0.29, 0.717) is 12.3 Å². The van der Waals surface area contributed by atoms with Gasteiger partial charge in [-0.05, 0) is 18.4 Å². The zero-order valence-corrected chi connectivity index (χ0v) is 13.6. The van der Waals surface area contributed by atoms with Crippen molar-refractivity contribution in [2.75, 3.05) is 12.3 Å². The Kier molecular flexibility index (Phi) is 6.15. The highest BCUT2D eigenvalue weighted by molar-refractivity contribution is 8.03. The van der Waals surface area contributed by atoms with Gasteiger partial charge >= 0.3 is 0 Å². The Morgan fingerprint density at radius 2 is 2.16 bits per heavy atom. The Labute approximate surface area is 128 Å². The largest absolute Gasteiger partial charge is 0.356 e. The second-order valence-corrected chi connectivity index (χ2v) is 7.90. The maximum absolute atomic E-state index is 11.3. The summed E-state index contributed by atoms with van der Waals surface area (Å²) < 4.78 is 1.80. The number of thioether (sulfide) groups is 2. The maximum atomic E-state index is 11.3. The number of carbonyl (C=O) groups excluding carboxylic acids is 1. The van der Waals surface area contributed by atoms with E-state index in [2.05, 4.69) is 27.0 Å². The summed E-state index contributed by atoms with van der Waals surface area (Å²) in [5, 5.41) is 13.0. The van der Waals surface area contributed by atoms with Crippen LogP contribution < -0.4 is 5.32 Å². The molecule has 8 heteroatoms. The first kappa shape index (κ1) is 14.8. The molecule has 0 aliphatic heterocycles. The Balaban J connectivity index is 1.77. The fraction of sp³-hybridized carbons (Fsp3) is 0.364. The third-order valence-corrected chi connectivity index (χ3v) is 6.30. The van der Waals surface area contributed by atoms with Crippen LogP contribution in [0.3, 0.4) is 0 Å². The molecule has 0 spiro atoms.